The summed E-state index contributed by atoms with van der Waals surface area (Å²) in [4.78, 5) is 24.9. The van der Waals surface area contributed by atoms with Gasteiger partial charge >= 0.3 is 6.16 Å². The number of aryl methyl sites for hydroxylation is 1. The second kappa shape index (κ2) is 7.79. The summed E-state index contributed by atoms with van der Waals surface area (Å²) in [6, 6.07) is 7.85. The topological polar surface area (TPSA) is 65.1 Å². The number of Topliss-reactive ketones (excluding diaryl/α,β-unsaturated/α-hetero) is 1. The molecular formula is C16H21NO5. The average molecular weight is 307 g/mol. The minimum absolute atomic E-state index is 0.0684. The van der Waals surface area contributed by atoms with Gasteiger partial charge in [-0.15, -0.1) is 0 Å². The summed E-state index contributed by atoms with van der Waals surface area (Å²) >= 11 is 0. The molecule has 0 aliphatic carbocycles. The molecule has 0 aromatic heterocycles. The van der Waals surface area contributed by atoms with Crippen molar-refractivity contribution in [2.75, 3.05) is 33.4 Å². The first-order valence-electron chi connectivity index (χ1n) is 7.27. The molecule has 2 rings (SSSR count). The number of ether oxygens (including phenoxy) is 3. The van der Waals surface area contributed by atoms with Gasteiger partial charge in [-0.05, 0) is 19.1 Å². The predicted octanol–water partition coefficient (Wildman–Crippen LogP) is 1.80. The Bertz CT molecular complexity index is 514. The van der Waals surface area contributed by atoms with Gasteiger partial charge in [0.15, 0.2) is 11.9 Å². The predicted molar refractivity (Wildman–Crippen MR) is 80.0 cm³/mol. The first-order chi connectivity index (χ1) is 10.6. The monoisotopic (exact) mass is 307 g/mol. The van der Waals surface area contributed by atoms with Gasteiger partial charge in [-0.25, -0.2) is 4.79 Å². The Balaban J connectivity index is 1.76. The lowest BCUT2D eigenvalue weighted by molar-refractivity contribution is -0.133. The van der Waals surface area contributed by atoms with E-state index in [9.17, 15) is 9.59 Å². The van der Waals surface area contributed by atoms with E-state index in [2.05, 4.69) is 4.74 Å². The van der Waals surface area contributed by atoms with Crippen LogP contribution in [0.4, 0.5) is 4.79 Å². The molecule has 1 aliphatic rings. The largest absolute Gasteiger partial charge is 0.508 e. The Morgan fingerprint density at radius 2 is 2.05 bits per heavy atom. The SMILES string of the molecule is COC(=O)OC1CN(CCOc2ccc(C)cc2)CCC1=O. The van der Waals surface area contributed by atoms with Crippen LogP contribution in [0.2, 0.25) is 0 Å². The Kier molecular flexibility index (Phi) is 5.77. The number of hydrogen-bond acceptors (Lipinski definition) is 6. The van der Waals surface area contributed by atoms with Crippen molar-refractivity contribution in [3.63, 3.8) is 0 Å². The fraction of sp³-hybridized carbons (Fsp3) is 0.500. The number of methoxy groups -OCH3 is 1. The van der Waals surface area contributed by atoms with Crippen LogP contribution in [0.15, 0.2) is 24.3 Å². The highest BCUT2D eigenvalue weighted by atomic mass is 16.7. The van der Waals surface area contributed by atoms with Gasteiger partial charge in [-0.1, -0.05) is 17.7 Å². The second-order valence-corrected chi connectivity index (χ2v) is 5.24. The normalized spacial score (nSPS) is 18.8. The van der Waals surface area contributed by atoms with E-state index in [0.717, 1.165) is 5.75 Å². The lowest BCUT2D eigenvalue weighted by atomic mass is 10.1. The fourth-order valence-corrected chi connectivity index (χ4v) is 2.25. The van der Waals surface area contributed by atoms with Crippen molar-refractivity contribution in [1.82, 2.24) is 4.90 Å². The van der Waals surface area contributed by atoms with Gasteiger partial charge in [0.2, 0.25) is 0 Å². The van der Waals surface area contributed by atoms with Crippen LogP contribution in [0.5, 0.6) is 5.75 Å². The van der Waals surface area contributed by atoms with Crippen molar-refractivity contribution in [2.24, 2.45) is 0 Å². The first kappa shape index (κ1) is 16.3. The van der Waals surface area contributed by atoms with Gasteiger partial charge in [0.05, 0.1) is 7.11 Å². The molecule has 22 heavy (non-hydrogen) atoms. The highest BCUT2D eigenvalue weighted by Crippen LogP contribution is 2.13. The molecule has 1 aliphatic heterocycles. The lowest BCUT2D eigenvalue weighted by Crippen LogP contribution is -2.47. The third-order valence-corrected chi connectivity index (χ3v) is 3.56. The molecule has 1 fully saturated rings. The third-order valence-electron chi connectivity index (χ3n) is 3.56. The van der Waals surface area contributed by atoms with Crippen LogP contribution in [-0.2, 0) is 14.3 Å². The summed E-state index contributed by atoms with van der Waals surface area (Å²) in [5.41, 5.74) is 1.18. The number of rotatable bonds is 5. The van der Waals surface area contributed by atoms with Crippen molar-refractivity contribution >= 4 is 11.9 Å². The van der Waals surface area contributed by atoms with Crippen LogP contribution in [-0.4, -0.2) is 56.3 Å². The van der Waals surface area contributed by atoms with E-state index >= 15 is 0 Å². The van der Waals surface area contributed by atoms with E-state index in [1.165, 1.54) is 12.7 Å². The van der Waals surface area contributed by atoms with Crippen molar-refractivity contribution in [2.45, 2.75) is 19.4 Å². The van der Waals surface area contributed by atoms with Crippen LogP contribution in [0.25, 0.3) is 0 Å². The van der Waals surface area contributed by atoms with Crippen LogP contribution < -0.4 is 4.74 Å². The van der Waals surface area contributed by atoms with Crippen LogP contribution >= 0.6 is 0 Å². The highest BCUT2D eigenvalue weighted by molar-refractivity contribution is 5.85. The fourth-order valence-electron chi connectivity index (χ4n) is 2.25. The van der Waals surface area contributed by atoms with Crippen molar-refractivity contribution < 1.29 is 23.8 Å². The van der Waals surface area contributed by atoms with Gasteiger partial charge in [-0.3, -0.25) is 9.69 Å². The van der Waals surface area contributed by atoms with Gasteiger partial charge in [0.1, 0.15) is 12.4 Å². The molecule has 1 aromatic rings. The molecule has 0 saturated carbocycles. The smallest absolute Gasteiger partial charge is 0.492 e. The van der Waals surface area contributed by atoms with Gasteiger partial charge in [-0.2, -0.15) is 0 Å². The Labute approximate surface area is 129 Å². The molecule has 0 bridgehead atoms. The zero-order valence-electron chi connectivity index (χ0n) is 12.9. The van der Waals surface area contributed by atoms with Crippen molar-refractivity contribution in [3.8, 4) is 5.75 Å². The maximum atomic E-state index is 11.7. The summed E-state index contributed by atoms with van der Waals surface area (Å²) < 4.78 is 15.1. The molecule has 0 N–H and O–H groups in total. The van der Waals surface area contributed by atoms with E-state index < -0.39 is 12.3 Å². The minimum atomic E-state index is -0.823. The van der Waals surface area contributed by atoms with Gasteiger partial charge in [0, 0.05) is 26.1 Å². The Hall–Kier alpha value is -2.08. The summed E-state index contributed by atoms with van der Waals surface area (Å²) in [7, 11) is 1.23. The van der Waals surface area contributed by atoms with Crippen LogP contribution in [0.3, 0.4) is 0 Å². The first-order valence-corrected chi connectivity index (χ1v) is 7.27. The van der Waals surface area contributed by atoms with E-state index in [4.69, 9.17) is 9.47 Å². The average Bonchev–Trinajstić information content (AvgIpc) is 2.52. The quantitative estimate of drug-likeness (QED) is 0.773. The molecule has 6 nitrogen and oxygen atoms in total. The third kappa shape index (κ3) is 4.73. The number of nitrogens with zero attached hydrogens (tertiary/aromatic N) is 1. The molecule has 1 unspecified atom stereocenters. The zero-order chi connectivity index (χ0) is 15.9. The summed E-state index contributed by atoms with van der Waals surface area (Å²) in [6.45, 7) is 4.24. The molecule has 1 saturated heterocycles. The van der Waals surface area contributed by atoms with Gasteiger partial charge < -0.3 is 14.2 Å². The minimum Gasteiger partial charge on any atom is -0.492 e. The maximum absolute atomic E-state index is 11.7. The molecule has 1 atom stereocenters. The van der Waals surface area contributed by atoms with E-state index in [1.54, 1.807) is 0 Å². The zero-order valence-corrected chi connectivity index (χ0v) is 12.9. The lowest BCUT2D eigenvalue weighted by Gasteiger charge is -2.30. The molecule has 0 radical (unpaired) electrons. The van der Waals surface area contributed by atoms with Crippen molar-refractivity contribution in [1.29, 1.82) is 0 Å². The highest BCUT2D eigenvalue weighted by Gasteiger charge is 2.30. The van der Waals surface area contributed by atoms with Crippen LogP contribution in [0, 0.1) is 6.92 Å². The maximum Gasteiger partial charge on any atom is 0.508 e. The van der Waals surface area contributed by atoms with Gasteiger partial charge in [0.25, 0.3) is 0 Å². The van der Waals surface area contributed by atoms with E-state index in [0.29, 0.717) is 32.7 Å². The number of piperidine rings is 1. The Morgan fingerprint density at radius 3 is 2.73 bits per heavy atom. The van der Waals surface area contributed by atoms with E-state index in [1.807, 2.05) is 36.1 Å². The summed E-state index contributed by atoms with van der Waals surface area (Å²) in [5, 5.41) is 0. The molecule has 6 heteroatoms. The Morgan fingerprint density at radius 1 is 1.32 bits per heavy atom. The molecular weight excluding hydrogens is 286 g/mol. The molecule has 0 amide bonds. The molecule has 1 aromatic carbocycles. The molecule has 120 valence electrons. The van der Waals surface area contributed by atoms with Crippen LogP contribution in [0.1, 0.15) is 12.0 Å². The van der Waals surface area contributed by atoms with Crippen molar-refractivity contribution in [3.05, 3.63) is 29.8 Å². The summed E-state index contributed by atoms with van der Waals surface area (Å²) in [5.74, 6) is 0.752. The van der Waals surface area contributed by atoms with E-state index in [-0.39, 0.29) is 5.78 Å². The summed E-state index contributed by atoms with van der Waals surface area (Å²) in [6.07, 6.45) is -1.21. The number of benzene rings is 1. The molecule has 1 heterocycles. The number of carbonyl (C=O) groups is 2. The molecule has 0 spiro atoms. The standard InChI is InChI=1S/C16H21NO5/c1-12-3-5-13(6-4-12)21-10-9-17-8-7-14(18)15(11-17)22-16(19)20-2/h3-6,15H,7-11H2,1-2H3. The second-order valence-electron chi connectivity index (χ2n) is 5.24. The number of carbonyl (C=O) groups excluding carboxylic acids is 2. The number of hydrogen-bond donors (Lipinski definition) is 0. The number of ketones is 1. The number of likely N-dealkylation sites (tertiary alicyclic amines) is 1.